The quantitative estimate of drug-likeness (QED) is 0.918. The fourth-order valence-corrected chi connectivity index (χ4v) is 2.73. The first kappa shape index (κ1) is 12.4. The van der Waals surface area contributed by atoms with Gasteiger partial charge in [-0.25, -0.2) is 0 Å². The molecule has 0 amide bonds. The smallest absolute Gasteiger partial charge is 0.246 e. The van der Waals surface area contributed by atoms with Gasteiger partial charge in [-0.2, -0.15) is 4.98 Å². The molecule has 0 spiro atoms. The van der Waals surface area contributed by atoms with E-state index < -0.39 is 5.54 Å². The van der Waals surface area contributed by atoms with Crippen LogP contribution in [0.4, 0.5) is 0 Å². The number of aryl methyl sites for hydroxylation is 1. The summed E-state index contributed by atoms with van der Waals surface area (Å²) in [6.07, 6.45) is 4.88. The van der Waals surface area contributed by atoms with Gasteiger partial charge in [0.1, 0.15) is 0 Å². The molecule has 0 aliphatic heterocycles. The van der Waals surface area contributed by atoms with E-state index in [1.807, 2.05) is 12.1 Å². The minimum absolute atomic E-state index is 0.392. The summed E-state index contributed by atoms with van der Waals surface area (Å²) in [5, 5.41) is 4.08. The number of nitrogens with zero attached hydrogens (tertiary/aromatic N) is 2. The first-order valence-electron chi connectivity index (χ1n) is 6.84. The molecule has 0 atom stereocenters. The fourth-order valence-electron chi connectivity index (χ4n) is 2.73. The lowest BCUT2D eigenvalue weighted by Crippen LogP contribution is -2.33. The van der Waals surface area contributed by atoms with Crippen LogP contribution in [0.3, 0.4) is 0 Å². The Bertz CT molecular complexity index is 570. The molecule has 1 aromatic heterocycles. The van der Waals surface area contributed by atoms with Crippen LogP contribution in [0.25, 0.3) is 0 Å². The summed E-state index contributed by atoms with van der Waals surface area (Å²) in [7, 11) is 0. The second-order valence-electron chi connectivity index (χ2n) is 5.48. The van der Waals surface area contributed by atoms with Crippen molar-refractivity contribution in [2.75, 3.05) is 0 Å². The molecule has 0 bridgehead atoms. The molecule has 4 heteroatoms. The van der Waals surface area contributed by atoms with Crippen molar-refractivity contribution in [2.45, 2.75) is 44.6 Å². The van der Waals surface area contributed by atoms with Crippen molar-refractivity contribution in [2.24, 2.45) is 5.73 Å². The Morgan fingerprint density at radius 2 is 2.00 bits per heavy atom. The van der Waals surface area contributed by atoms with E-state index in [1.54, 1.807) is 0 Å². The van der Waals surface area contributed by atoms with Crippen molar-refractivity contribution in [1.29, 1.82) is 0 Å². The number of hydrogen-bond donors (Lipinski definition) is 1. The highest BCUT2D eigenvalue weighted by atomic mass is 16.5. The summed E-state index contributed by atoms with van der Waals surface area (Å²) in [6, 6.07) is 8.26. The summed E-state index contributed by atoms with van der Waals surface area (Å²) in [6.45, 7) is 2.09. The Hall–Kier alpha value is -1.68. The highest BCUT2D eigenvalue weighted by Gasteiger charge is 2.36. The van der Waals surface area contributed by atoms with Gasteiger partial charge in [-0.05, 0) is 30.9 Å². The molecule has 1 aliphatic rings. The Morgan fingerprint density at radius 3 is 2.74 bits per heavy atom. The zero-order chi connectivity index (χ0) is 13.3. The molecular weight excluding hydrogens is 238 g/mol. The number of rotatable bonds is 3. The first-order chi connectivity index (χ1) is 9.17. The molecule has 1 saturated carbocycles. The van der Waals surface area contributed by atoms with E-state index in [0.29, 0.717) is 12.3 Å². The van der Waals surface area contributed by atoms with Gasteiger partial charge >= 0.3 is 0 Å². The van der Waals surface area contributed by atoms with Gasteiger partial charge < -0.3 is 10.3 Å². The van der Waals surface area contributed by atoms with E-state index >= 15 is 0 Å². The minimum Gasteiger partial charge on any atom is -0.337 e. The van der Waals surface area contributed by atoms with Crippen LogP contribution in [0.5, 0.6) is 0 Å². The number of nitrogens with two attached hydrogens (primary N) is 1. The molecule has 2 aromatic rings. The number of benzene rings is 1. The molecule has 0 saturated heterocycles. The van der Waals surface area contributed by atoms with Gasteiger partial charge in [0, 0.05) is 6.42 Å². The fraction of sp³-hybridized carbons (Fsp3) is 0.467. The van der Waals surface area contributed by atoms with Gasteiger partial charge in [-0.3, -0.25) is 0 Å². The summed E-state index contributed by atoms with van der Waals surface area (Å²) in [5.41, 5.74) is 8.41. The molecular formula is C15H19N3O. The Labute approximate surface area is 113 Å². The zero-order valence-corrected chi connectivity index (χ0v) is 11.2. The molecule has 0 unspecified atom stereocenters. The van der Waals surface area contributed by atoms with Crippen molar-refractivity contribution in [3.8, 4) is 0 Å². The Balaban J connectivity index is 1.80. The molecule has 3 rings (SSSR count). The van der Waals surface area contributed by atoms with Crippen LogP contribution in [0.15, 0.2) is 28.8 Å². The molecule has 0 radical (unpaired) electrons. The summed E-state index contributed by atoms with van der Waals surface area (Å²) in [5.74, 6) is 1.33. The highest BCUT2D eigenvalue weighted by Crippen LogP contribution is 2.35. The third-order valence-electron chi connectivity index (χ3n) is 4.00. The van der Waals surface area contributed by atoms with Crippen LogP contribution >= 0.6 is 0 Å². The van der Waals surface area contributed by atoms with Gasteiger partial charge in [0.2, 0.25) is 5.89 Å². The van der Waals surface area contributed by atoms with Crippen molar-refractivity contribution >= 4 is 0 Å². The van der Waals surface area contributed by atoms with E-state index in [-0.39, 0.29) is 0 Å². The topological polar surface area (TPSA) is 64.9 Å². The number of hydrogen-bond acceptors (Lipinski definition) is 4. The third-order valence-corrected chi connectivity index (χ3v) is 4.00. The average Bonchev–Trinajstić information content (AvgIpc) is 3.02. The molecule has 1 heterocycles. The predicted molar refractivity (Wildman–Crippen MR) is 72.6 cm³/mol. The van der Waals surface area contributed by atoms with Crippen molar-refractivity contribution in [3.05, 3.63) is 47.1 Å². The van der Waals surface area contributed by atoms with E-state index in [0.717, 1.165) is 31.5 Å². The summed E-state index contributed by atoms with van der Waals surface area (Å²) < 4.78 is 5.38. The maximum Gasteiger partial charge on any atom is 0.246 e. The van der Waals surface area contributed by atoms with Crippen molar-refractivity contribution in [1.82, 2.24) is 10.1 Å². The van der Waals surface area contributed by atoms with E-state index in [4.69, 9.17) is 10.3 Å². The van der Waals surface area contributed by atoms with Crippen LogP contribution in [0.1, 0.15) is 48.5 Å². The molecule has 1 aromatic carbocycles. The zero-order valence-electron chi connectivity index (χ0n) is 11.2. The van der Waals surface area contributed by atoms with Gasteiger partial charge in [-0.15, -0.1) is 0 Å². The standard InChI is InChI=1S/C15H19N3O/c1-11-6-2-3-7-12(11)10-13-17-14(19-18-13)15(16)8-4-5-9-15/h2-3,6-7H,4-5,8-10,16H2,1H3. The average molecular weight is 257 g/mol. The van der Waals surface area contributed by atoms with Gasteiger partial charge in [-0.1, -0.05) is 42.3 Å². The van der Waals surface area contributed by atoms with Crippen LogP contribution in [0.2, 0.25) is 0 Å². The normalized spacial score (nSPS) is 17.8. The Kier molecular flexibility index (Phi) is 3.11. The lowest BCUT2D eigenvalue weighted by Gasteiger charge is -2.17. The molecule has 19 heavy (non-hydrogen) atoms. The van der Waals surface area contributed by atoms with Gasteiger partial charge in [0.15, 0.2) is 5.82 Å². The molecule has 100 valence electrons. The monoisotopic (exact) mass is 257 g/mol. The first-order valence-corrected chi connectivity index (χ1v) is 6.84. The Morgan fingerprint density at radius 1 is 1.26 bits per heavy atom. The second-order valence-corrected chi connectivity index (χ2v) is 5.48. The molecule has 1 aliphatic carbocycles. The van der Waals surface area contributed by atoms with Gasteiger partial charge in [0.05, 0.1) is 5.54 Å². The third kappa shape index (κ3) is 2.40. The van der Waals surface area contributed by atoms with Crippen LogP contribution in [-0.4, -0.2) is 10.1 Å². The molecule has 4 nitrogen and oxygen atoms in total. The second kappa shape index (κ2) is 4.78. The van der Waals surface area contributed by atoms with Crippen LogP contribution in [0, 0.1) is 6.92 Å². The lowest BCUT2D eigenvalue weighted by atomic mass is 9.99. The van der Waals surface area contributed by atoms with Crippen molar-refractivity contribution < 1.29 is 4.52 Å². The summed E-state index contributed by atoms with van der Waals surface area (Å²) in [4.78, 5) is 4.50. The maximum atomic E-state index is 6.32. The maximum absolute atomic E-state index is 6.32. The largest absolute Gasteiger partial charge is 0.337 e. The van der Waals surface area contributed by atoms with Gasteiger partial charge in [0.25, 0.3) is 0 Å². The van der Waals surface area contributed by atoms with Crippen molar-refractivity contribution in [3.63, 3.8) is 0 Å². The summed E-state index contributed by atoms with van der Waals surface area (Å²) >= 11 is 0. The number of aromatic nitrogens is 2. The highest BCUT2D eigenvalue weighted by molar-refractivity contribution is 5.28. The lowest BCUT2D eigenvalue weighted by molar-refractivity contribution is 0.284. The van der Waals surface area contributed by atoms with Crippen LogP contribution in [-0.2, 0) is 12.0 Å². The predicted octanol–water partition coefficient (Wildman–Crippen LogP) is 2.70. The SMILES string of the molecule is Cc1ccccc1Cc1noc(C2(N)CCCC2)n1. The van der Waals surface area contributed by atoms with E-state index in [9.17, 15) is 0 Å². The van der Waals surface area contributed by atoms with E-state index in [2.05, 4.69) is 29.2 Å². The minimum atomic E-state index is -0.392. The van der Waals surface area contributed by atoms with Crippen LogP contribution < -0.4 is 5.73 Å². The molecule has 2 N–H and O–H groups in total. The van der Waals surface area contributed by atoms with E-state index in [1.165, 1.54) is 11.1 Å². The molecule has 1 fully saturated rings.